The first-order valence-electron chi connectivity index (χ1n) is 7.92. The van der Waals surface area contributed by atoms with Crippen LogP contribution in [0, 0.1) is 11.6 Å². The Balaban J connectivity index is 2.51. The maximum absolute atomic E-state index is 13.9. The second-order valence-corrected chi connectivity index (χ2v) is 6.70. The van der Waals surface area contributed by atoms with Gasteiger partial charge in [-0.15, -0.1) is 0 Å². The lowest BCUT2D eigenvalue weighted by Crippen LogP contribution is -2.45. The van der Waals surface area contributed by atoms with Crippen molar-refractivity contribution >= 4 is 40.8 Å². The van der Waals surface area contributed by atoms with Crippen LogP contribution < -0.4 is 15.4 Å². The molecule has 15 heteroatoms. The van der Waals surface area contributed by atoms with Crippen molar-refractivity contribution in [1.29, 1.82) is 0 Å². The molecule has 0 heterocycles. The van der Waals surface area contributed by atoms with E-state index in [1.54, 1.807) is 0 Å². The van der Waals surface area contributed by atoms with Crippen LogP contribution in [-0.4, -0.2) is 30.4 Å². The molecule has 2 aromatic carbocycles. The minimum Gasteiger partial charge on any atom is -0.427 e. The summed E-state index contributed by atoms with van der Waals surface area (Å²) in [7, 11) is 0. The van der Waals surface area contributed by atoms with E-state index in [0.717, 1.165) is 6.07 Å². The molecule has 0 aliphatic carbocycles. The van der Waals surface area contributed by atoms with E-state index in [2.05, 4.69) is 4.74 Å². The normalized spacial score (nSPS) is 12.9. The molecule has 0 fully saturated rings. The number of alkyl halides is 6. The number of anilines is 1. The van der Waals surface area contributed by atoms with Gasteiger partial charge in [-0.25, -0.2) is 22.9 Å². The molecule has 2 N–H and O–H groups in total. The van der Waals surface area contributed by atoms with Crippen molar-refractivity contribution in [3.05, 3.63) is 57.6 Å². The largest absolute Gasteiger partial charge is 0.439 e. The van der Waals surface area contributed by atoms with Crippen LogP contribution in [0.4, 0.5) is 45.6 Å². The highest BCUT2D eigenvalue weighted by molar-refractivity contribution is 6.38. The number of hydrogen-bond acceptors (Lipinski definition) is 3. The summed E-state index contributed by atoms with van der Waals surface area (Å²) in [5, 5.41) is -2.04. The van der Waals surface area contributed by atoms with Gasteiger partial charge in [0.05, 0.1) is 15.7 Å². The zero-order valence-corrected chi connectivity index (χ0v) is 16.5. The van der Waals surface area contributed by atoms with Gasteiger partial charge in [-0.1, -0.05) is 29.3 Å². The molecule has 0 aliphatic heterocycles. The van der Waals surface area contributed by atoms with Gasteiger partial charge in [0, 0.05) is 0 Å². The highest BCUT2D eigenvalue weighted by Crippen LogP contribution is 2.43. The molecule has 1 atom stereocenters. The van der Waals surface area contributed by atoms with E-state index in [1.807, 2.05) is 0 Å². The first kappa shape index (κ1) is 25.5. The van der Waals surface area contributed by atoms with E-state index in [0.29, 0.717) is 24.3 Å². The number of urea groups is 1. The van der Waals surface area contributed by atoms with E-state index in [4.69, 9.17) is 28.9 Å². The average Bonchev–Trinajstić information content (AvgIpc) is 2.63. The van der Waals surface area contributed by atoms with Crippen LogP contribution in [0.25, 0.3) is 0 Å². The lowest BCUT2D eigenvalue weighted by atomic mass is 10.1. The molecule has 174 valence electrons. The smallest absolute Gasteiger partial charge is 0.427 e. The molecule has 2 rings (SSSR count). The Kier molecular flexibility index (Phi) is 7.15. The highest BCUT2D eigenvalue weighted by atomic mass is 35.5. The summed E-state index contributed by atoms with van der Waals surface area (Å²) in [5.41, 5.74) is 3.10. The molecule has 0 bridgehead atoms. The molecular weight excluding hydrogens is 503 g/mol. The first-order chi connectivity index (χ1) is 14.6. The van der Waals surface area contributed by atoms with E-state index in [-0.39, 0.29) is 4.90 Å². The minimum absolute atomic E-state index is 0.0468. The number of nitrogens with two attached hydrogens (primary N) is 1. The maximum atomic E-state index is 13.9. The molecule has 0 saturated carbocycles. The molecule has 0 aliphatic rings. The number of nitrogens with zero attached hydrogens (tertiary/aromatic N) is 1. The van der Waals surface area contributed by atoms with E-state index in [1.165, 1.54) is 0 Å². The lowest BCUT2D eigenvalue weighted by molar-refractivity contribution is -0.304. The second-order valence-electron chi connectivity index (χ2n) is 5.88. The van der Waals surface area contributed by atoms with Crippen LogP contribution in [0.5, 0.6) is 5.75 Å². The number of primary amides is 1. The monoisotopic (exact) mass is 510 g/mol. The number of hydrogen-bond donors (Lipinski definition) is 1. The zero-order chi connectivity index (χ0) is 24.6. The summed E-state index contributed by atoms with van der Waals surface area (Å²) in [4.78, 5) is 24.2. The zero-order valence-electron chi connectivity index (χ0n) is 15.0. The standard InChI is InChI=1S/C17H8Cl2F8N2O3/c18-7-4-6(5-8(19)12(7)32-17(26,27)14(22)16(23,24)25)29(15(28)31)13(30)11-9(20)2-1-3-10(11)21/h1-5,14H,(H2,28,31). The molecular formula is C17H8Cl2F8N2O3. The fourth-order valence-corrected chi connectivity index (χ4v) is 2.86. The van der Waals surface area contributed by atoms with Gasteiger partial charge in [0.1, 0.15) is 17.2 Å². The fraction of sp³-hybridized carbons (Fsp3) is 0.176. The summed E-state index contributed by atoms with van der Waals surface area (Å²) >= 11 is 11.3. The molecule has 2 aromatic rings. The van der Waals surface area contributed by atoms with Crippen molar-refractivity contribution in [1.82, 2.24) is 0 Å². The van der Waals surface area contributed by atoms with Crippen LogP contribution in [0.3, 0.4) is 0 Å². The maximum Gasteiger partial charge on any atom is 0.439 e. The summed E-state index contributed by atoms with van der Waals surface area (Å²) < 4.78 is 108. The Morgan fingerprint density at radius 1 is 1.00 bits per heavy atom. The summed E-state index contributed by atoms with van der Waals surface area (Å²) in [5.74, 6) is -5.78. The molecule has 32 heavy (non-hydrogen) atoms. The van der Waals surface area contributed by atoms with Gasteiger partial charge in [-0.05, 0) is 24.3 Å². The Morgan fingerprint density at radius 2 is 1.47 bits per heavy atom. The third kappa shape index (κ3) is 5.15. The van der Waals surface area contributed by atoms with Crippen molar-refractivity contribution in [2.24, 2.45) is 5.73 Å². The van der Waals surface area contributed by atoms with Gasteiger partial charge in [0.25, 0.3) is 12.1 Å². The van der Waals surface area contributed by atoms with Crippen molar-refractivity contribution < 1.29 is 49.4 Å². The van der Waals surface area contributed by atoms with Crippen LogP contribution in [-0.2, 0) is 0 Å². The molecule has 0 saturated heterocycles. The molecule has 0 spiro atoms. The van der Waals surface area contributed by atoms with Gasteiger partial charge in [-0.2, -0.15) is 22.0 Å². The Hall–Kier alpha value is -2.80. The van der Waals surface area contributed by atoms with Crippen LogP contribution in [0.15, 0.2) is 30.3 Å². The SMILES string of the molecule is NC(=O)N(C(=O)c1c(F)cccc1F)c1cc(Cl)c(OC(F)(F)C(F)C(F)(F)F)c(Cl)c1. The second kappa shape index (κ2) is 8.98. The number of benzene rings is 2. The number of imide groups is 1. The lowest BCUT2D eigenvalue weighted by Gasteiger charge is -2.25. The number of halogens is 10. The van der Waals surface area contributed by atoms with Crippen LogP contribution in [0.2, 0.25) is 10.0 Å². The third-order valence-corrected chi connectivity index (χ3v) is 4.22. The number of ether oxygens (including phenoxy) is 1. The van der Waals surface area contributed by atoms with Crippen LogP contribution >= 0.6 is 23.2 Å². The summed E-state index contributed by atoms with van der Waals surface area (Å²) in [6, 6.07) is 1.63. The predicted molar refractivity (Wildman–Crippen MR) is 95.7 cm³/mol. The molecule has 3 amide bonds. The first-order valence-corrected chi connectivity index (χ1v) is 8.68. The fourth-order valence-electron chi connectivity index (χ4n) is 2.31. The van der Waals surface area contributed by atoms with Crippen molar-refractivity contribution in [3.8, 4) is 5.75 Å². The van der Waals surface area contributed by atoms with Crippen molar-refractivity contribution in [3.63, 3.8) is 0 Å². The van der Waals surface area contributed by atoms with Crippen LogP contribution in [0.1, 0.15) is 10.4 Å². The van der Waals surface area contributed by atoms with E-state index < -0.39 is 69.1 Å². The summed E-state index contributed by atoms with van der Waals surface area (Å²) in [6.45, 7) is 0. The van der Waals surface area contributed by atoms with Crippen molar-refractivity contribution in [2.75, 3.05) is 4.90 Å². The quantitative estimate of drug-likeness (QED) is 0.511. The van der Waals surface area contributed by atoms with E-state index in [9.17, 15) is 44.7 Å². The topological polar surface area (TPSA) is 72.6 Å². The van der Waals surface area contributed by atoms with Gasteiger partial charge >= 0.3 is 18.3 Å². The number of carbonyl (C=O) groups excluding carboxylic acids is 2. The predicted octanol–water partition coefficient (Wildman–Crippen LogP) is 5.87. The molecule has 5 nitrogen and oxygen atoms in total. The van der Waals surface area contributed by atoms with Gasteiger partial charge in [0.2, 0.25) is 0 Å². The Morgan fingerprint density at radius 3 is 1.88 bits per heavy atom. The Bertz CT molecular complexity index is 1020. The minimum atomic E-state index is -6.00. The Labute approximate surface area is 183 Å². The molecule has 1 unspecified atom stereocenters. The van der Waals surface area contributed by atoms with Gasteiger partial charge < -0.3 is 10.5 Å². The average molecular weight is 511 g/mol. The highest BCUT2D eigenvalue weighted by Gasteiger charge is 2.59. The number of amides is 3. The van der Waals surface area contributed by atoms with E-state index >= 15 is 0 Å². The molecule has 0 aromatic heterocycles. The van der Waals surface area contributed by atoms with Gasteiger partial charge in [-0.3, -0.25) is 4.79 Å². The molecule has 0 radical (unpaired) electrons. The summed E-state index contributed by atoms with van der Waals surface area (Å²) in [6.07, 6.45) is -16.2. The third-order valence-electron chi connectivity index (χ3n) is 3.66. The van der Waals surface area contributed by atoms with Crippen molar-refractivity contribution in [2.45, 2.75) is 18.5 Å². The van der Waals surface area contributed by atoms with Gasteiger partial charge in [0.15, 0.2) is 5.75 Å². The number of carbonyl (C=O) groups is 2. The number of rotatable bonds is 5.